The molecule has 0 saturated carbocycles. The average molecular weight is 609 g/mol. The fraction of sp³-hybridized carbons (Fsp3) is 0.519. The Morgan fingerprint density at radius 1 is 0.914 bits per heavy atom. The van der Waals surface area contributed by atoms with Crippen LogP contribution in [0.2, 0.25) is 0 Å². The summed E-state index contributed by atoms with van der Waals surface area (Å²) in [6, 6.07) is 12.7. The Balaban J connectivity index is 1.26. The highest BCUT2D eigenvalue weighted by Crippen LogP contribution is 2.33. The first-order valence-corrected chi connectivity index (χ1v) is 14.2. The first-order chi connectivity index (χ1) is 16.9. The van der Waals surface area contributed by atoms with Crippen LogP contribution in [-0.4, -0.2) is 77.4 Å². The summed E-state index contributed by atoms with van der Waals surface area (Å²) < 4.78 is 9.35. The molecule has 0 radical (unpaired) electrons. The molecule has 4 rings (SSSR count). The van der Waals surface area contributed by atoms with E-state index in [0.717, 1.165) is 72.0 Å². The van der Waals surface area contributed by atoms with Crippen LogP contribution in [-0.2, 0) is 16.1 Å². The molecule has 2 aromatic carbocycles. The lowest BCUT2D eigenvalue weighted by atomic mass is 10.1. The Hall–Kier alpha value is -1.45. The molecule has 1 aromatic heterocycles. The van der Waals surface area contributed by atoms with Gasteiger partial charge in [-0.2, -0.15) is 0 Å². The third-order valence-electron chi connectivity index (χ3n) is 6.78. The second-order valence-electron chi connectivity index (χ2n) is 9.35. The molecule has 1 fully saturated rings. The summed E-state index contributed by atoms with van der Waals surface area (Å²) in [5.74, 6) is -0.0821. The molecule has 0 aliphatic carbocycles. The first-order valence-electron chi connectivity index (χ1n) is 12.6. The molecular weight excluding hydrogens is 574 g/mol. The summed E-state index contributed by atoms with van der Waals surface area (Å²) in [5.41, 5.74) is 2.29. The fourth-order valence-electron chi connectivity index (χ4n) is 5.02. The van der Waals surface area contributed by atoms with Crippen LogP contribution < -0.4 is 0 Å². The maximum absolute atomic E-state index is 11.4. The summed E-state index contributed by atoms with van der Waals surface area (Å²) >= 11 is 7.20. The summed E-state index contributed by atoms with van der Waals surface area (Å²) in [6.07, 6.45) is 3.17. The molecule has 3 aromatic rings. The minimum absolute atomic E-state index is 0.0821. The van der Waals surface area contributed by atoms with Crippen molar-refractivity contribution in [2.24, 2.45) is 0 Å². The van der Waals surface area contributed by atoms with E-state index >= 15 is 0 Å². The highest BCUT2D eigenvalue weighted by molar-refractivity contribution is 9.10. The van der Waals surface area contributed by atoms with Gasteiger partial charge < -0.3 is 19.3 Å². The van der Waals surface area contributed by atoms with Crippen molar-refractivity contribution in [3.8, 4) is 0 Å². The zero-order valence-corrected chi connectivity index (χ0v) is 23.6. The van der Waals surface area contributed by atoms with Crippen molar-refractivity contribution in [1.29, 1.82) is 0 Å². The standard InChI is InChI=1S/C27H35Br2N3O3/c1-2-35-27(34)6-4-3-5-11-30-12-14-31(15-13-30)18-22(33)19-32-25-9-7-20(28)16-23(25)24-17-21(29)8-10-26(24)32/h7-10,16-17,22,33H,2-6,11-15,18-19H2,1H3/t22-/m1/s1. The zero-order chi connectivity index (χ0) is 24.8. The average Bonchev–Trinajstić information content (AvgIpc) is 3.12. The van der Waals surface area contributed by atoms with Gasteiger partial charge in [0.05, 0.1) is 19.3 Å². The van der Waals surface area contributed by atoms with Crippen LogP contribution in [0.5, 0.6) is 0 Å². The number of carbonyl (C=O) groups is 1. The predicted octanol–water partition coefficient (Wildman–Crippen LogP) is 5.42. The van der Waals surface area contributed by atoms with E-state index in [1.165, 1.54) is 10.8 Å². The molecule has 8 heteroatoms. The number of piperazine rings is 1. The van der Waals surface area contributed by atoms with Crippen molar-refractivity contribution < 1.29 is 14.6 Å². The third kappa shape index (κ3) is 7.07. The summed E-state index contributed by atoms with van der Waals surface area (Å²) in [4.78, 5) is 16.3. The van der Waals surface area contributed by atoms with E-state index in [1.54, 1.807) is 0 Å². The quantitative estimate of drug-likeness (QED) is 0.233. The van der Waals surface area contributed by atoms with Gasteiger partial charge in [-0.25, -0.2) is 0 Å². The van der Waals surface area contributed by atoms with Crippen LogP contribution in [0.25, 0.3) is 21.8 Å². The highest BCUT2D eigenvalue weighted by Gasteiger charge is 2.21. The van der Waals surface area contributed by atoms with E-state index in [9.17, 15) is 9.90 Å². The lowest BCUT2D eigenvalue weighted by Gasteiger charge is -2.35. The maximum atomic E-state index is 11.4. The van der Waals surface area contributed by atoms with Crippen molar-refractivity contribution in [2.75, 3.05) is 45.9 Å². The topological polar surface area (TPSA) is 57.9 Å². The molecule has 0 amide bonds. The maximum Gasteiger partial charge on any atom is 0.305 e. The molecule has 6 nitrogen and oxygen atoms in total. The van der Waals surface area contributed by atoms with E-state index in [-0.39, 0.29) is 5.97 Å². The summed E-state index contributed by atoms with van der Waals surface area (Å²) in [7, 11) is 0. The molecule has 1 atom stereocenters. The molecule has 35 heavy (non-hydrogen) atoms. The van der Waals surface area contributed by atoms with Gasteiger partial charge in [0.1, 0.15) is 0 Å². The Kier molecular flexibility index (Phi) is 9.64. The largest absolute Gasteiger partial charge is 0.466 e. The van der Waals surface area contributed by atoms with Gasteiger partial charge in [0.25, 0.3) is 0 Å². The number of aliphatic hydroxyl groups is 1. The monoisotopic (exact) mass is 607 g/mol. The number of halogens is 2. The van der Waals surface area contributed by atoms with Gasteiger partial charge in [0.15, 0.2) is 0 Å². The van der Waals surface area contributed by atoms with Crippen LogP contribution in [0.3, 0.4) is 0 Å². The number of aromatic nitrogens is 1. The summed E-state index contributed by atoms with van der Waals surface area (Å²) in [5, 5.41) is 13.4. The van der Waals surface area contributed by atoms with Crippen LogP contribution in [0.15, 0.2) is 45.3 Å². The molecule has 0 unspecified atom stereocenters. The number of esters is 1. The van der Waals surface area contributed by atoms with Gasteiger partial charge >= 0.3 is 5.97 Å². The number of unbranched alkanes of at least 4 members (excludes halogenated alkanes) is 2. The summed E-state index contributed by atoms with van der Waals surface area (Å²) in [6.45, 7) is 8.66. The van der Waals surface area contributed by atoms with Gasteiger partial charge in [0, 0.05) is 69.9 Å². The van der Waals surface area contributed by atoms with E-state index in [0.29, 0.717) is 26.1 Å². The van der Waals surface area contributed by atoms with Crippen LogP contribution in [0, 0.1) is 0 Å². The van der Waals surface area contributed by atoms with Gasteiger partial charge in [-0.05, 0) is 62.7 Å². The lowest BCUT2D eigenvalue weighted by molar-refractivity contribution is -0.143. The molecule has 1 N–H and O–H groups in total. The van der Waals surface area contributed by atoms with E-state index in [4.69, 9.17) is 4.74 Å². The molecular formula is C27H35Br2N3O3. The Bertz CT molecular complexity index is 1080. The van der Waals surface area contributed by atoms with Crippen molar-refractivity contribution >= 4 is 59.6 Å². The Morgan fingerprint density at radius 2 is 1.51 bits per heavy atom. The van der Waals surface area contributed by atoms with Crippen molar-refractivity contribution in [3.05, 3.63) is 45.3 Å². The Labute approximate surface area is 224 Å². The second kappa shape index (κ2) is 12.7. The predicted molar refractivity (Wildman–Crippen MR) is 149 cm³/mol. The normalized spacial score (nSPS) is 16.2. The van der Waals surface area contributed by atoms with E-state index in [2.05, 4.69) is 82.6 Å². The minimum Gasteiger partial charge on any atom is -0.466 e. The number of rotatable bonds is 11. The number of fused-ring (bicyclic) bond motifs is 3. The van der Waals surface area contributed by atoms with Gasteiger partial charge in [-0.3, -0.25) is 9.69 Å². The van der Waals surface area contributed by atoms with Crippen LogP contribution in [0.4, 0.5) is 0 Å². The minimum atomic E-state index is -0.435. The van der Waals surface area contributed by atoms with Gasteiger partial charge in [0.2, 0.25) is 0 Å². The van der Waals surface area contributed by atoms with Gasteiger partial charge in [-0.15, -0.1) is 0 Å². The van der Waals surface area contributed by atoms with Crippen molar-refractivity contribution in [3.63, 3.8) is 0 Å². The number of aliphatic hydroxyl groups excluding tert-OH is 1. The number of hydrogen-bond acceptors (Lipinski definition) is 5. The number of hydrogen-bond donors (Lipinski definition) is 1. The number of β-amino-alcohol motifs (C(OH)–C–C–N with tert-alkyl or cyclic N) is 1. The number of nitrogens with zero attached hydrogens (tertiary/aromatic N) is 3. The SMILES string of the molecule is CCOC(=O)CCCCCN1CCN(C[C@@H](O)Cn2c3ccc(Br)cc3c3cc(Br)ccc32)CC1. The molecule has 2 heterocycles. The number of ether oxygens (including phenoxy) is 1. The third-order valence-corrected chi connectivity index (χ3v) is 7.76. The van der Waals surface area contributed by atoms with Gasteiger partial charge in [-0.1, -0.05) is 38.3 Å². The number of benzene rings is 2. The molecule has 1 saturated heterocycles. The lowest BCUT2D eigenvalue weighted by Crippen LogP contribution is -2.49. The first kappa shape index (κ1) is 26.6. The number of carbonyl (C=O) groups excluding carboxylic acids is 1. The molecule has 0 spiro atoms. The second-order valence-corrected chi connectivity index (χ2v) is 11.2. The van der Waals surface area contributed by atoms with E-state index < -0.39 is 6.10 Å². The van der Waals surface area contributed by atoms with Crippen LogP contribution in [0.1, 0.15) is 32.6 Å². The fourth-order valence-corrected chi connectivity index (χ4v) is 5.74. The van der Waals surface area contributed by atoms with E-state index in [1.807, 2.05) is 6.92 Å². The van der Waals surface area contributed by atoms with Crippen molar-refractivity contribution in [2.45, 2.75) is 45.3 Å². The smallest absolute Gasteiger partial charge is 0.305 e. The Morgan fingerprint density at radius 3 is 2.11 bits per heavy atom. The molecule has 1 aliphatic heterocycles. The molecule has 190 valence electrons. The van der Waals surface area contributed by atoms with Crippen molar-refractivity contribution in [1.82, 2.24) is 14.4 Å². The zero-order valence-electron chi connectivity index (χ0n) is 20.4. The molecule has 0 bridgehead atoms. The van der Waals surface area contributed by atoms with Crippen LogP contribution >= 0.6 is 31.9 Å². The molecule has 1 aliphatic rings. The highest BCUT2D eigenvalue weighted by atomic mass is 79.9.